The van der Waals surface area contributed by atoms with Crippen LogP contribution < -0.4 is 0 Å². The molecule has 2 aromatic rings. The quantitative estimate of drug-likeness (QED) is 0.661. The number of carbonyl (C=O) groups is 1. The maximum absolute atomic E-state index is 12.3. The van der Waals surface area contributed by atoms with Gasteiger partial charge in [-0.1, -0.05) is 0 Å². The van der Waals surface area contributed by atoms with Crippen molar-refractivity contribution in [3.8, 4) is 5.75 Å². The fourth-order valence-electron chi connectivity index (χ4n) is 1.64. The second-order valence-corrected chi connectivity index (χ2v) is 6.46. The molecule has 2 rings (SSSR count). The number of phenolic OH excluding ortho intramolecular Hbond substituents is 1. The number of hydrogen-bond donors (Lipinski definition) is 2. The molecule has 0 unspecified atom stereocenters. The van der Waals surface area contributed by atoms with Crippen LogP contribution in [0.1, 0.15) is 15.9 Å². The highest BCUT2D eigenvalue weighted by Crippen LogP contribution is 2.28. The summed E-state index contributed by atoms with van der Waals surface area (Å²) in [6.07, 6.45) is 3.41. The van der Waals surface area contributed by atoms with E-state index in [1.54, 1.807) is 30.4 Å². The summed E-state index contributed by atoms with van der Waals surface area (Å²) in [5.41, 5.74) is 1.23. The first-order valence-electron chi connectivity index (χ1n) is 5.40. The number of phenols is 1. The summed E-state index contributed by atoms with van der Waals surface area (Å²) in [7, 11) is 1.70. The molecule has 0 radical (unpaired) electrons. The molecule has 1 heterocycles. The molecule has 0 saturated carbocycles. The van der Waals surface area contributed by atoms with E-state index in [4.69, 9.17) is 0 Å². The molecule has 0 aliphatic heterocycles. The fourth-order valence-corrected chi connectivity index (χ4v) is 3.49. The van der Waals surface area contributed by atoms with Crippen LogP contribution >= 0.6 is 45.2 Å². The number of aromatic amines is 1. The largest absolute Gasteiger partial charge is 0.506 e. The van der Waals surface area contributed by atoms with Crippen LogP contribution in [0.2, 0.25) is 0 Å². The number of aromatic nitrogens is 2. The molecule has 0 atom stereocenters. The maximum atomic E-state index is 12.3. The number of rotatable bonds is 3. The molecule has 19 heavy (non-hydrogen) atoms. The van der Waals surface area contributed by atoms with Gasteiger partial charge in [0.2, 0.25) is 0 Å². The number of nitrogens with zero attached hydrogens (tertiary/aromatic N) is 2. The molecule has 0 aliphatic carbocycles. The Morgan fingerprint density at radius 1 is 1.47 bits per heavy atom. The van der Waals surface area contributed by atoms with Gasteiger partial charge < -0.3 is 10.0 Å². The number of aromatic hydroxyl groups is 1. The predicted molar refractivity (Wildman–Crippen MR) is 87.9 cm³/mol. The number of nitrogens with one attached hydrogen (secondary N) is 1. The minimum Gasteiger partial charge on any atom is -0.506 e. The van der Waals surface area contributed by atoms with Gasteiger partial charge in [0.25, 0.3) is 5.91 Å². The fraction of sp³-hybridized carbons (Fsp3) is 0.167. The molecule has 1 amide bonds. The summed E-state index contributed by atoms with van der Waals surface area (Å²) in [5, 5.41) is 16.5. The third kappa shape index (κ3) is 3.38. The minimum absolute atomic E-state index is 0.0325. The summed E-state index contributed by atoms with van der Waals surface area (Å²) >= 11 is 4.14. The molecule has 0 fully saturated rings. The Morgan fingerprint density at radius 3 is 2.84 bits per heavy atom. The lowest BCUT2D eigenvalue weighted by Crippen LogP contribution is -2.26. The van der Waals surface area contributed by atoms with E-state index >= 15 is 0 Å². The van der Waals surface area contributed by atoms with E-state index in [2.05, 4.69) is 32.8 Å². The van der Waals surface area contributed by atoms with E-state index in [0.29, 0.717) is 15.7 Å². The summed E-state index contributed by atoms with van der Waals surface area (Å²) < 4.78 is 1.59. The Labute approximate surface area is 137 Å². The van der Waals surface area contributed by atoms with Crippen molar-refractivity contribution >= 4 is 51.1 Å². The minimum atomic E-state index is -0.213. The average molecular weight is 483 g/mol. The van der Waals surface area contributed by atoms with Crippen LogP contribution in [0, 0.1) is 7.14 Å². The standard InChI is InChI=1S/C12H11I2N3O2/c1-17(6-7-4-15-16-5-7)12(19)9-2-8(13)3-10(14)11(9)18/h2-5,18H,6H2,1H3,(H,15,16). The molecule has 0 spiro atoms. The summed E-state index contributed by atoms with van der Waals surface area (Å²) in [5.74, 6) is -0.180. The van der Waals surface area contributed by atoms with Gasteiger partial charge in [0.05, 0.1) is 15.3 Å². The topological polar surface area (TPSA) is 69.2 Å². The normalized spacial score (nSPS) is 10.5. The van der Waals surface area contributed by atoms with E-state index < -0.39 is 0 Å². The number of amides is 1. The van der Waals surface area contributed by atoms with Gasteiger partial charge in [0, 0.05) is 28.9 Å². The zero-order valence-corrected chi connectivity index (χ0v) is 14.3. The highest BCUT2D eigenvalue weighted by atomic mass is 127. The van der Waals surface area contributed by atoms with Crippen molar-refractivity contribution < 1.29 is 9.90 Å². The smallest absolute Gasteiger partial charge is 0.257 e. The molecule has 100 valence electrons. The van der Waals surface area contributed by atoms with Gasteiger partial charge in [-0.25, -0.2) is 0 Å². The summed E-state index contributed by atoms with van der Waals surface area (Å²) in [4.78, 5) is 13.9. The third-order valence-electron chi connectivity index (χ3n) is 2.58. The molecule has 0 aliphatic rings. The van der Waals surface area contributed by atoms with Crippen molar-refractivity contribution in [1.82, 2.24) is 15.1 Å². The number of benzene rings is 1. The van der Waals surface area contributed by atoms with Crippen LogP contribution in [0.25, 0.3) is 0 Å². The van der Waals surface area contributed by atoms with Crippen LogP contribution in [0.15, 0.2) is 24.5 Å². The lowest BCUT2D eigenvalue weighted by atomic mass is 10.1. The Balaban J connectivity index is 2.24. The number of H-pyrrole nitrogens is 1. The number of hydrogen-bond acceptors (Lipinski definition) is 3. The van der Waals surface area contributed by atoms with Crippen LogP contribution in [0.4, 0.5) is 0 Å². The average Bonchev–Trinajstić information content (AvgIpc) is 2.85. The van der Waals surface area contributed by atoms with Gasteiger partial charge in [-0.3, -0.25) is 9.89 Å². The van der Waals surface area contributed by atoms with E-state index in [1.807, 2.05) is 28.7 Å². The second-order valence-electron chi connectivity index (χ2n) is 4.05. The molecule has 7 heteroatoms. The van der Waals surface area contributed by atoms with Crippen LogP contribution in [0.3, 0.4) is 0 Å². The monoisotopic (exact) mass is 483 g/mol. The molecule has 2 N–H and O–H groups in total. The zero-order valence-electron chi connectivity index (χ0n) is 10.0. The Kier molecular flexibility index (Phi) is 4.66. The second kappa shape index (κ2) is 6.07. The first-order chi connectivity index (χ1) is 8.99. The van der Waals surface area contributed by atoms with Crippen molar-refractivity contribution in [3.05, 3.63) is 42.8 Å². The molecule has 0 saturated heterocycles. The zero-order chi connectivity index (χ0) is 14.0. The third-order valence-corrected chi connectivity index (χ3v) is 4.03. The maximum Gasteiger partial charge on any atom is 0.257 e. The van der Waals surface area contributed by atoms with Crippen LogP contribution in [-0.2, 0) is 6.54 Å². The summed E-state index contributed by atoms with van der Waals surface area (Å²) in [6, 6.07) is 3.51. The van der Waals surface area contributed by atoms with E-state index in [9.17, 15) is 9.90 Å². The van der Waals surface area contributed by atoms with Gasteiger partial charge in [-0.05, 0) is 57.3 Å². The van der Waals surface area contributed by atoms with Crippen molar-refractivity contribution in [3.63, 3.8) is 0 Å². The van der Waals surface area contributed by atoms with Gasteiger partial charge in [0.1, 0.15) is 5.75 Å². The van der Waals surface area contributed by atoms with Gasteiger partial charge in [-0.15, -0.1) is 0 Å². The lowest BCUT2D eigenvalue weighted by molar-refractivity contribution is 0.0782. The van der Waals surface area contributed by atoms with Gasteiger partial charge in [0.15, 0.2) is 0 Å². The highest BCUT2D eigenvalue weighted by molar-refractivity contribution is 14.1. The number of carbonyl (C=O) groups excluding carboxylic acids is 1. The molecule has 0 bridgehead atoms. The summed E-state index contributed by atoms with van der Waals surface area (Å²) in [6.45, 7) is 0.441. The first kappa shape index (κ1) is 14.6. The lowest BCUT2D eigenvalue weighted by Gasteiger charge is -2.17. The first-order valence-corrected chi connectivity index (χ1v) is 7.56. The van der Waals surface area contributed by atoms with Crippen molar-refractivity contribution in [1.29, 1.82) is 0 Å². The van der Waals surface area contributed by atoms with E-state index in [1.165, 1.54) is 0 Å². The van der Waals surface area contributed by atoms with E-state index in [-0.39, 0.29) is 11.7 Å². The Morgan fingerprint density at radius 2 is 2.21 bits per heavy atom. The van der Waals surface area contributed by atoms with Crippen molar-refractivity contribution in [2.24, 2.45) is 0 Å². The Hall–Kier alpha value is -0.840. The highest BCUT2D eigenvalue weighted by Gasteiger charge is 2.18. The van der Waals surface area contributed by atoms with Crippen molar-refractivity contribution in [2.75, 3.05) is 7.05 Å². The van der Waals surface area contributed by atoms with E-state index in [0.717, 1.165) is 9.13 Å². The van der Waals surface area contributed by atoms with Crippen molar-refractivity contribution in [2.45, 2.75) is 6.54 Å². The molecule has 1 aromatic heterocycles. The SMILES string of the molecule is CN(Cc1cn[nH]c1)C(=O)c1cc(I)cc(I)c1O. The molecule has 1 aromatic carbocycles. The van der Waals surface area contributed by atoms with Gasteiger partial charge >= 0.3 is 0 Å². The van der Waals surface area contributed by atoms with Crippen LogP contribution in [0.5, 0.6) is 5.75 Å². The number of halogens is 2. The molecular formula is C12H11I2N3O2. The van der Waals surface area contributed by atoms with Gasteiger partial charge in [-0.2, -0.15) is 5.10 Å². The molecule has 5 nitrogen and oxygen atoms in total. The predicted octanol–water partition coefficient (Wildman–Crippen LogP) is 2.60. The van der Waals surface area contributed by atoms with Crippen LogP contribution in [-0.4, -0.2) is 33.2 Å². The Bertz CT molecular complexity index is 599. The molecular weight excluding hydrogens is 472 g/mol.